The molecule has 2 aromatic heterocycles. The summed E-state index contributed by atoms with van der Waals surface area (Å²) in [7, 11) is 0. The molecule has 0 aliphatic rings. The molecule has 2 heterocycles. The molecular formula is C16H10BrN5O. The Morgan fingerprint density at radius 3 is 2.83 bits per heavy atom. The number of nitrogens with one attached hydrogen (secondary N) is 1. The van der Waals surface area contributed by atoms with E-state index in [2.05, 4.69) is 31.3 Å². The lowest BCUT2D eigenvalue weighted by Gasteiger charge is -2.09. The minimum atomic E-state index is -0.333. The normalized spacial score (nSPS) is 10.1. The van der Waals surface area contributed by atoms with Gasteiger partial charge in [-0.05, 0) is 30.3 Å². The molecule has 0 spiro atoms. The Kier molecular flexibility index (Phi) is 4.17. The number of amides is 1. The van der Waals surface area contributed by atoms with Crippen LogP contribution in [0.15, 0.2) is 59.3 Å². The second-order valence-electron chi connectivity index (χ2n) is 4.58. The van der Waals surface area contributed by atoms with E-state index in [4.69, 9.17) is 0 Å². The van der Waals surface area contributed by atoms with E-state index in [0.717, 1.165) is 4.47 Å². The summed E-state index contributed by atoms with van der Waals surface area (Å²) in [5, 5.41) is 16.1. The van der Waals surface area contributed by atoms with Gasteiger partial charge in [-0.2, -0.15) is 15.0 Å². The predicted octanol–water partition coefficient (Wildman–Crippen LogP) is 3.15. The number of pyridine rings is 1. The van der Waals surface area contributed by atoms with E-state index >= 15 is 0 Å². The van der Waals surface area contributed by atoms with Gasteiger partial charge in [0, 0.05) is 16.2 Å². The molecule has 1 N–H and O–H groups in total. The number of benzene rings is 1. The Hall–Kier alpha value is -2.98. The van der Waals surface area contributed by atoms with Crippen molar-refractivity contribution in [2.24, 2.45) is 0 Å². The lowest BCUT2D eigenvalue weighted by atomic mass is 10.2. The zero-order valence-corrected chi connectivity index (χ0v) is 13.4. The largest absolute Gasteiger partial charge is 0.305 e. The van der Waals surface area contributed by atoms with Crippen LogP contribution in [0, 0.1) is 11.3 Å². The number of hydrogen-bond donors (Lipinski definition) is 1. The van der Waals surface area contributed by atoms with E-state index < -0.39 is 0 Å². The van der Waals surface area contributed by atoms with E-state index in [9.17, 15) is 10.1 Å². The first-order valence-electron chi connectivity index (χ1n) is 6.65. The molecular weight excluding hydrogens is 358 g/mol. The minimum absolute atomic E-state index is 0.263. The lowest BCUT2D eigenvalue weighted by Crippen LogP contribution is -2.16. The number of nitrogens with zero attached hydrogens (tertiary/aromatic N) is 4. The summed E-state index contributed by atoms with van der Waals surface area (Å²) in [6.07, 6.45) is 3.01. The first kappa shape index (κ1) is 14.9. The highest BCUT2D eigenvalue weighted by molar-refractivity contribution is 9.10. The molecule has 1 aromatic carbocycles. The number of hydrogen-bond acceptors (Lipinski definition) is 4. The molecule has 0 unspecified atom stereocenters. The second-order valence-corrected chi connectivity index (χ2v) is 5.50. The molecule has 7 heteroatoms. The molecule has 0 fully saturated rings. The molecule has 0 saturated heterocycles. The Morgan fingerprint density at radius 2 is 2.13 bits per heavy atom. The Labute approximate surface area is 140 Å². The van der Waals surface area contributed by atoms with E-state index in [1.807, 2.05) is 12.1 Å². The maximum Gasteiger partial charge on any atom is 0.256 e. The van der Waals surface area contributed by atoms with Crippen molar-refractivity contribution >= 4 is 27.7 Å². The summed E-state index contributed by atoms with van der Waals surface area (Å²) >= 11 is 3.33. The zero-order valence-electron chi connectivity index (χ0n) is 11.8. The highest BCUT2D eigenvalue weighted by Gasteiger charge is 2.16. The fourth-order valence-corrected chi connectivity index (χ4v) is 2.41. The van der Waals surface area contributed by atoms with Gasteiger partial charge in [-0.25, -0.2) is 4.98 Å². The van der Waals surface area contributed by atoms with Crippen LogP contribution >= 0.6 is 15.9 Å². The van der Waals surface area contributed by atoms with Gasteiger partial charge in [0.2, 0.25) is 0 Å². The zero-order chi connectivity index (χ0) is 16.2. The third-order valence-corrected chi connectivity index (χ3v) is 3.57. The monoisotopic (exact) mass is 367 g/mol. The summed E-state index contributed by atoms with van der Waals surface area (Å²) in [5.41, 5.74) is 0.732. The molecule has 0 aliphatic heterocycles. The maximum atomic E-state index is 12.4. The van der Waals surface area contributed by atoms with Crippen molar-refractivity contribution in [1.29, 1.82) is 5.26 Å². The molecule has 1 amide bonds. The first-order chi connectivity index (χ1) is 11.2. The number of nitriles is 1. The van der Waals surface area contributed by atoms with Crippen LogP contribution in [0.1, 0.15) is 15.9 Å². The predicted molar refractivity (Wildman–Crippen MR) is 88.2 cm³/mol. The molecule has 0 saturated carbocycles. The number of anilines is 1. The van der Waals surface area contributed by atoms with Gasteiger partial charge in [-0.15, -0.1) is 0 Å². The summed E-state index contributed by atoms with van der Waals surface area (Å²) < 4.78 is 2.22. The Bertz CT molecular complexity index is 898. The van der Waals surface area contributed by atoms with Crippen molar-refractivity contribution in [3.8, 4) is 11.9 Å². The summed E-state index contributed by atoms with van der Waals surface area (Å²) in [6, 6.07) is 14.3. The Balaban J connectivity index is 1.98. The summed E-state index contributed by atoms with van der Waals surface area (Å²) in [5.74, 6) is 0.468. The van der Waals surface area contributed by atoms with Crippen molar-refractivity contribution in [1.82, 2.24) is 14.8 Å². The average molecular weight is 368 g/mol. The summed E-state index contributed by atoms with van der Waals surface area (Å²) in [6.45, 7) is 0. The van der Waals surface area contributed by atoms with E-state index in [1.165, 1.54) is 10.9 Å². The van der Waals surface area contributed by atoms with Crippen molar-refractivity contribution < 1.29 is 4.79 Å². The van der Waals surface area contributed by atoms with Crippen molar-refractivity contribution in [3.05, 3.63) is 70.5 Å². The minimum Gasteiger partial charge on any atom is -0.305 e. The van der Waals surface area contributed by atoms with E-state index in [0.29, 0.717) is 11.4 Å². The molecule has 0 radical (unpaired) electrons. The van der Waals surface area contributed by atoms with Crippen LogP contribution in [0.4, 0.5) is 5.82 Å². The molecule has 112 valence electrons. The number of rotatable bonds is 3. The van der Waals surface area contributed by atoms with Gasteiger partial charge >= 0.3 is 0 Å². The van der Waals surface area contributed by atoms with Gasteiger partial charge < -0.3 is 5.32 Å². The molecule has 23 heavy (non-hydrogen) atoms. The van der Waals surface area contributed by atoms with Crippen LogP contribution in [0.5, 0.6) is 0 Å². The van der Waals surface area contributed by atoms with Crippen LogP contribution in [-0.4, -0.2) is 20.7 Å². The number of halogens is 1. The first-order valence-corrected chi connectivity index (χ1v) is 7.45. The quantitative estimate of drug-likeness (QED) is 0.770. The van der Waals surface area contributed by atoms with Gasteiger partial charge in [-0.3, -0.25) is 4.79 Å². The molecule has 6 nitrogen and oxygen atoms in total. The topological polar surface area (TPSA) is 83.6 Å². The van der Waals surface area contributed by atoms with Gasteiger partial charge in [0.25, 0.3) is 5.91 Å². The van der Waals surface area contributed by atoms with Gasteiger partial charge in [-0.1, -0.05) is 28.1 Å². The second kappa shape index (κ2) is 6.42. The average Bonchev–Trinajstić information content (AvgIpc) is 2.98. The summed E-state index contributed by atoms with van der Waals surface area (Å²) in [4.78, 5) is 16.6. The van der Waals surface area contributed by atoms with Gasteiger partial charge in [0.05, 0.1) is 6.20 Å². The molecule has 0 bridgehead atoms. The van der Waals surface area contributed by atoms with E-state index in [1.54, 1.807) is 42.6 Å². The number of carbonyl (C=O) groups excluding carboxylic acids is 1. The highest BCUT2D eigenvalue weighted by Crippen LogP contribution is 2.20. The van der Waals surface area contributed by atoms with Crippen molar-refractivity contribution in [2.45, 2.75) is 0 Å². The highest BCUT2D eigenvalue weighted by atomic mass is 79.9. The molecule has 0 atom stereocenters. The Morgan fingerprint density at radius 1 is 1.26 bits per heavy atom. The smallest absolute Gasteiger partial charge is 0.256 e. The van der Waals surface area contributed by atoms with Crippen molar-refractivity contribution in [3.63, 3.8) is 0 Å². The van der Waals surface area contributed by atoms with Crippen LogP contribution in [-0.2, 0) is 0 Å². The fraction of sp³-hybridized carbons (Fsp3) is 0. The molecule has 3 aromatic rings. The fourth-order valence-electron chi connectivity index (χ4n) is 2.01. The third-order valence-electron chi connectivity index (χ3n) is 3.07. The third kappa shape index (κ3) is 3.12. The van der Waals surface area contributed by atoms with E-state index in [-0.39, 0.29) is 17.3 Å². The van der Waals surface area contributed by atoms with Crippen molar-refractivity contribution in [2.75, 3.05) is 5.32 Å². The van der Waals surface area contributed by atoms with Crippen LogP contribution in [0.2, 0.25) is 0 Å². The standard InChI is InChI=1S/C16H10BrN5O/c17-13-5-3-4-11(8-13)16(23)21-15-12(9-18)10-20-22(15)14-6-1-2-7-19-14/h1-8,10H,(H,21,23). The molecule has 3 rings (SSSR count). The molecule has 0 aliphatic carbocycles. The van der Waals surface area contributed by atoms with Gasteiger partial charge in [0.15, 0.2) is 11.6 Å². The van der Waals surface area contributed by atoms with Crippen LogP contribution < -0.4 is 5.32 Å². The van der Waals surface area contributed by atoms with Crippen LogP contribution in [0.25, 0.3) is 5.82 Å². The van der Waals surface area contributed by atoms with Gasteiger partial charge in [0.1, 0.15) is 11.6 Å². The lowest BCUT2D eigenvalue weighted by molar-refractivity contribution is 0.102. The van der Waals surface area contributed by atoms with Crippen LogP contribution in [0.3, 0.4) is 0 Å². The number of carbonyl (C=O) groups is 1. The maximum absolute atomic E-state index is 12.4. The SMILES string of the molecule is N#Cc1cnn(-c2ccccn2)c1NC(=O)c1cccc(Br)c1. The number of aromatic nitrogens is 3.